The van der Waals surface area contributed by atoms with Gasteiger partial charge in [0.15, 0.2) is 11.5 Å². The van der Waals surface area contributed by atoms with Crippen molar-refractivity contribution in [3.8, 4) is 17.6 Å². The molecule has 8 nitrogen and oxygen atoms in total. The van der Waals surface area contributed by atoms with Crippen molar-refractivity contribution in [3.63, 3.8) is 0 Å². The zero-order valence-electron chi connectivity index (χ0n) is 20.2. The summed E-state index contributed by atoms with van der Waals surface area (Å²) in [5, 5.41) is 12.1. The highest BCUT2D eigenvalue weighted by Crippen LogP contribution is 2.34. The first kappa shape index (κ1) is 24.1. The fourth-order valence-electron chi connectivity index (χ4n) is 4.61. The summed E-state index contributed by atoms with van der Waals surface area (Å²) in [4.78, 5) is 30.5. The number of carbonyl (C=O) groups excluding carboxylic acids is 2. The SMILES string of the molecule is CC(OC(=O)C1C(CCc2ccc3c(c2)OCO3)=NC(=O)NC1c1ccccc1)c1cccc(C#N)c1. The molecule has 8 heteroatoms. The largest absolute Gasteiger partial charge is 0.457 e. The first-order valence-electron chi connectivity index (χ1n) is 12.0. The molecular weight excluding hydrogens is 470 g/mol. The predicted octanol–water partition coefficient (Wildman–Crippen LogP) is 5.05. The van der Waals surface area contributed by atoms with Crippen molar-refractivity contribution in [2.24, 2.45) is 10.9 Å². The van der Waals surface area contributed by atoms with Gasteiger partial charge in [0.05, 0.1) is 17.7 Å². The Kier molecular flexibility index (Phi) is 6.86. The third kappa shape index (κ3) is 5.31. The van der Waals surface area contributed by atoms with Gasteiger partial charge < -0.3 is 19.5 Å². The van der Waals surface area contributed by atoms with E-state index < -0.39 is 30.1 Å². The number of esters is 1. The number of nitrogens with one attached hydrogen (secondary N) is 1. The second-order valence-corrected chi connectivity index (χ2v) is 8.92. The maximum atomic E-state index is 13.6. The van der Waals surface area contributed by atoms with Crippen molar-refractivity contribution < 1.29 is 23.8 Å². The Balaban J connectivity index is 1.41. The minimum atomic E-state index is -0.810. The highest BCUT2D eigenvalue weighted by Gasteiger charge is 2.40. The number of hydrogen-bond donors (Lipinski definition) is 1. The van der Waals surface area contributed by atoms with Gasteiger partial charge in [0.2, 0.25) is 6.79 Å². The van der Waals surface area contributed by atoms with E-state index >= 15 is 0 Å². The monoisotopic (exact) mass is 495 g/mol. The molecule has 3 aromatic carbocycles. The smallest absolute Gasteiger partial charge is 0.341 e. The number of nitrogens with zero attached hydrogens (tertiary/aromatic N) is 2. The zero-order valence-corrected chi connectivity index (χ0v) is 20.2. The fraction of sp³-hybridized carbons (Fsp3) is 0.241. The summed E-state index contributed by atoms with van der Waals surface area (Å²) in [7, 11) is 0. The van der Waals surface area contributed by atoms with Gasteiger partial charge in [-0.15, -0.1) is 0 Å². The lowest BCUT2D eigenvalue weighted by molar-refractivity contribution is -0.152. The fourth-order valence-corrected chi connectivity index (χ4v) is 4.61. The van der Waals surface area contributed by atoms with E-state index in [-0.39, 0.29) is 6.79 Å². The number of hydrogen-bond acceptors (Lipinski definition) is 6. The van der Waals surface area contributed by atoms with Crippen LogP contribution in [0.2, 0.25) is 0 Å². The topological polar surface area (TPSA) is 110 Å². The molecule has 37 heavy (non-hydrogen) atoms. The Bertz CT molecular complexity index is 1400. The molecule has 3 unspecified atom stereocenters. The molecule has 2 aliphatic rings. The summed E-state index contributed by atoms with van der Waals surface area (Å²) in [5.74, 6) is 0.0643. The van der Waals surface area contributed by atoms with Crippen molar-refractivity contribution in [1.82, 2.24) is 5.32 Å². The van der Waals surface area contributed by atoms with Crippen LogP contribution in [0.25, 0.3) is 0 Å². The van der Waals surface area contributed by atoms with Gasteiger partial charge in [-0.2, -0.15) is 5.26 Å². The Morgan fingerprint density at radius 3 is 2.70 bits per heavy atom. The summed E-state index contributed by atoms with van der Waals surface area (Å²) in [5.41, 5.74) is 3.41. The van der Waals surface area contributed by atoms with Crippen LogP contribution in [0.3, 0.4) is 0 Å². The molecule has 0 fully saturated rings. The lowest BCUT2D eigenvalue weighted by atomic mass is 9.85. The van der Waals surface area contributed by atoms with Gasteiger partial charge in [0, 0.05) is 5.71 Å². The standard InChI is InChI=1S/C29H25N3O5/c1-18(22-9-5-6-20(14-22)16-30)37-28(33)26-23(12-10-19-11-13-24-25(15-19)36-17-35-24)31-29(34)32-27(26)21-7-3-2-4-8-21/h2-9,11,13-15,18,26-27H,10,12,17H2,1H3,(H,32,34). The van der Waals surface area contributed by atoms with Crippen LogP contribution in [-0.4, -0.2) is 24.5 Å². The number of aliphatic imine (C=N–C) groups is 1. The van der Waals surface area contributed by atoms with E-state index in [1.165, 1.54) is 0 Å². The van der Waals surface area contributed by atoms with E-state index in [1.54, 1.807) is 25.1 Å². The van der Waals surface area contributed by atoms with Crippen molar-refractivity contribution in [1.29, 1.82) is 5.26 Å². The first-order chi connectivity index (χ1) is 18.0. The van der Waals surface area contributed by atoms with E-state index in [0.29, 0.717) is 41.2 Å². The van der Waals surface area contributed by atoms with Crippen LogP contribution in [0.15, 0.2) is 77.8 Å². The molecule has 0 spiro atoms. The molecule has 0 aliphatic carbocycles. The number of rotatable bonds is 7. The highest BCUT2D eigenvalue weighted by molar-refractivity contribution is 6.09. The molecule has 0 saturated carbocycles. The van der Waals surface area contributed by atoms with Gasteiger partial charge in [-0.1, -0.05) is 48.5 Å². The normalized spacial score (nSPS) is 18.8. The summed E-state index contributed by atoms with van der Waals surface area (Å²) in [6.45, 7) is 1.95. The molecule has 0 saturated heterocycles. The second-order valence-electron chi connectivity index (χ2n) is 8.92. The number of aryl methyl sites for hydroxylation is 1. The molecule has 2 amide bonds. The van der Waals surface area contributed by atoms with Crippen molar-refractivity contribution in [2.45, 2.75) is 31.9 Å². The molecule has 186 valence electrons. The number of nitriles is 1. The molecule has 3 aromatic rings. The average Bonchev–Trinajstić information content (AvgIpc) is 3.40. The molecule has 0 radical (unpaired) electrons. The van der Waals surface area contributed by atoms with Crippen LogP contribution < -0.4 is 14.8 Å². The van der Waals surface area contributed by atoms with Crippen molar-refractivity contribution in [2.75, 3.05) is 6.79 Å². The van der Waals surface area contributed by atoms with Gasteiger partial charge in [-0.25, -0.2) is 9.79 Å². The van der Waals surface area contributed by atoms with E-state index in [0.717, 1.165) is 11.1 Å². The number of ether oxygens (including phenoxy) is 3. The Labute approximate surface area is 214 Å². The Hall–Kier alpha value is -4.64. The molecule has 5 rings (SSSR count). The predicted molar refractivity (Wildman–Crippen MR) is 135 cm³/mol. The molecule has 0 bridgehead atoms. The van der Waals surface area contributed by atoms with Crippen LogP contribution >= 0.6 is 0 Å². The number of benzene rings is 3. The van der Waals surface area contributed by atoms with Gasteiger partial charge in [-0.05, 0) is 60.7 Å². The summed E-state index contributed by atoms with van der Waals surface area (Å²) in [6, 6.07) is 23.0. The molecule has 2 aliphatic heterocycles. The van der Waals surface area contributed by atoms with Gasteiger partial charge in [-0.3, -0.25) is 4.79 Å². The molecule has 1 N–H and O–H groups in total. The van der Waals surface area contributed by atoms with Crippen LogP contribution in [-0.2, 0) is 16.0 Å². The minimum Gasteiger partial charge on any atom is -0.457 e. The van der Waals surface area contributed by atoms with E-state index in [2.05, 4.69) is 16.4 Å². The second kappa shape index (κ2) is 10.5. The van der Waals surface area contributed by atoms with Gasteiger partial charge in [0.25, 0.3) is 0 Å². The summed E-state index contributed by atoms with van der Waals surface area (Å²) in [6.07, 6.45) is 0.340. The summed E-state index contributed by atoms with van der Waals surface area (Å²) >= 11 is 0. The first-order valence-corrected chi connectivity index (χ1v) is 12.0. The van der Waals surface area contributed by atoms with Crippen LogP contribution in [0, 0.1) is 17.2 Å². The molecule has 3 atom stereocenters. The Morgan fingerprint density at radius 2 is 1.89 bits per heavy atom. The maximum Gasteiger partial charge on any atom is 0.341 e. The maximum absolute atomic E-state index is 13.6. The quantitative estimate of drug-likeness (QED) is 0.460. The summed E-state index contributed by atoms with van der Waals surface area (Å²) < 4.78 is 16.7. The zero-order chi connectivity index (χ0) is 25.8. The van der Waals surface area contributed by atoms with Gasteiger partial charge in [0.1, 0.15) is 12.0 Å². The number of carbonyl (C=O) groups is 2. The third-order valence-electron chi connectivity index (χ3n) is 6.51. The van der Waals surface area contributed by atoms with Crippen LogP contribution in [0.4, 0.5) is 4.79 Å². The lowest BCUT2D eigenvalue weighted by Gasteiger charge is -2.32. The van der Waals surface area contributed by atoms with E-state index in [4.69, 9.17) is 14.2 Å². The molecular formula is C29H25N3O5. The van der Waals surface area contributed by atoms with Crippen molar-refractivity contribution >= 4 is 17.7 Å². The average molecular weight is 496 g/mol. The van der Waals surface area contributed by atoms with Crippen LogP contribution in [0.5, 0.6) is 11.5 Å². The number of urea groups is 1. The highest BCUT2D eigenvalue weighted by atomic mass is 16.7. The van der Waals surface area contributed by atoms with E-state index in [9.17, 15) is 14.9 Å². The molecule has 0 aromatic heterocycles. The van der Waals surface area contributed by atoms with E-state index in [1.807, 2.05) is 54.6 Å². The lowest BCUT2D eigenvalue weighted by Crippen LogP contribution is -2.45. The molecule has 2 heterocycles. The van der Waals surface area contributed by atoms with Crippen molar-refractivity contribution in [3.05, 3.63) is 95.1 Å². The number of fused-ring (bicyclic) bond motifs is 1. The third-order valence-corrected chi connectivity index (χ3v) is 6.51. The van der Waals surface area contributed by atoms with Gasteiger partial charge >= 0.3 is 12.0 Å². The Morgan fingerprint density at radius 1 is 1.08 bits per heavy atom. The van der Waals surface area contributed by atoms with Crippen LogP contribution in [0.1, 0.15) is 47.7 Å². The number of amides is 2. The minimum absolute atomic E-state index is 0.188.